The zero-order valence-electron chi connectivity index (χ0n) is 9.28. The number of nitrogens with two attached hydrogens (primary N) is 1. The molecule has 0 aromatic heterocycles. The Kier molecular flexibility index (Phi) is 5.15. The molecule has 3 nitrogen and oxygen atoms in total. The Morgan fingerprint density at radius 3 is 2.93 bits per heavy atom. The minimum Gasteiger partial charge on any atom is -0.375 e. The van der Waals surface area contributed by atoms with Crippen LogP contribution >= 0.6 is 0 Å². The highest BCUT2D eigenvalue weighted by Gasteiger charge is 2.29. The van der Waals surface area contributed by atoms with Crippen molar-refractivity contribution < 1.29 is 4.74 Å². The van der Waals surface area contributed by atoms with Gasteiger partial charge in [0.25, 0.3) is 0 Å². The van der Waals surface area contributed by atoms with Crippen LogP contribution in [-0.2, 0) is 4.74 Å². The smallest absolute Gasteiger partial charge is 0.0777 e. The Morgan fingerprint density at radius 2 is 2.29 bits per heavy atom. The minimum absolute atomic E-state index is 0.339. The summed E-state index contributed by atoms with van der Waals surface area (Å²) in [6.07, 6.45) is 5.95. The molecule has 0 bridgehead atoms. The Balaban J connectivity index is 2.40. The monoisotopic (exact) mass is 198 g/mol. The highest BCUT2D eigenvalue weighted by Crippen LogP contribution is 2.19. The predicted molar refractivity (Wildman–Crippen MR) is 59.2 cm³/mol. The number of rotatable bonds is 5. The van der Waals surface area contributed by atoms with Crippen molar-refractivity contribution in [2.75, 3.05) is 33.3 Å². The first-order valence-corrected chi connectivity index (χ1v) is 5.44. The second-order valence-corrected chi connectivity index (χ2v) is 3.92. The van der Waals surface area contributed by atoms with Gasteiger partial charge >= 0.3 is 0 Å². The van der Waals surface area contributed by atoms with E-state index in [4.69, 9.17) is 10.5 Å². The summed E-state index contributed by atoms with van der Waals surface area (Å²) in [5.41, 5.74) is 5.43. The van der Waals surface area contributed by atoms with Crippen molar-refractivity contribution in [3.8, 4) is 0 Å². The Bertz CT molecular complexity index is 182. The standard InChI is InChI=1S/C11H22N2O/c1-3-4-5-10-8-13(2)9-11(10)14-7-6-12/h4-5,10-11H,3,6-9,12H2,1-2H3/b5-4-. The summed E-state index contributed by atoms with van der Waals surface area (Å²) >= 11 is 0. The number of allylic oxidation sites excluding steroid dienone is 1. The van der Waals surface area contributed by atoms with Crippen molar-refractivity contribution in [2.45, 2.75) is 19.4 Å². The fourth-order valence-corrected chi connectivity index (χ4v) is 1.89. The minimum atomic E-state index is 0.339. The summed E-state index contributed by atoms with van der Waals surface area (Å²) in [6, 6.07) is 0. The summed E-state index contributed by atoms with van der Waals surface area (Å²) in [4.78, 5) is 2.31. The molecule has 0 radical (unpaired) electrons. The maximum atomic E-state index is 5.71. The third kappa shape index (κ3) is 3.40. The van der Waals surface area contributed by atoms with Crippen LogP contribution in [-0.4, -0.2) is 44.3 Å². The maximum absolute atomic E-state index is 5.71. The van der Waals surface area contributed by atoms with E-state index in [0.29, 0.717) is 25.2 Å². The van der Waals surface area contributed by atoms with Crippen molar-refractivity contribution in [2.24, 2.45) is 11.7 Å². The SMILES string of the molecule is CC/C=C\C1CN(C)CC1OCCN. The summed E-state index contributed by atoms with van der Waals surface area (Å²) in [7, 11) is 2.14. The van der Waals surface area contributed by atoms with Gasteiger partial charge < -0.3 is 15.4 Å². The molecule has 0 aromatic rings. The van der Waals surface area contributed by atoms with Gasteiger partial charge in [0, 0.05) is 25.6 Å². The lowest BCUT2D eigenvalue weighted by atomic mass is 10.1. The average Bonchev–Trinajstić information content (AvgIpc) is 2.52. The van der Waals surface area contributed by atoms with Crippen LogP contribution in [0.4, 0.5) is 0 Å². The maximum Gasteiger partial charge on any atom is 0.0777 e. The van der Waals surface area contributed by atoms with Crippen molar-refractivity contribution in [3.63, 3.8) is 0 Å². The first-order valence-electron chi connectivity index (χ1n) is 5.44. The van der Waals surface area contributed by atoms with Crippen LogP contribution in [0, 0.1) is 5.92 Å². The Labute approximate surface area is 86.9 Å². The fraction of sp³-hybridized carbons (Fsp3) is 0.818. The van der Waals surface area contributed by atoms with Gasteiger partial charge in [-0.1, -0.05) is 19.1 Å². The van der Waals surface area contributed by atoms with Crippen LogP contribution in [0.2, 0.25) is 0 Å². The van der Waals surface area contributed by atoms with Crippen LogP contribution in [0.3, 0.4) is 0 Å². The lowest BCUT2D eigenvalue weighted by Crippen LogP contribution is -2.25. The van der Waals surface area contributed by atoms with E-state index < -0.39 is 0 Å². The van der Waals surface area contributed by atoms with E-state index in [-0.39, 0.29) is 0 Å². The molecule has 3 heteroatoms. The van der Waals surface area contributed by atoms with Crippen LogP contribution in [0.1, 0.15) is 13.3 Å². The number of likely N-dealkylation sites (tertiary alicyclic amines) is 1. The third-order valence-corrected chi connectivity index (χ3v) is 2.56. The molecule has 0 spiro atoms. The molecule has 0 amide bonds. The molecule has 2 unspecified atom stereocenters. The van der Waals surface area contributed by atoms with Crippen LogP contribution in [0.5, 0.6) is 0 Å². The zero-order chi connectivity index (χ0) is 10.4. The van der Waals surface area contributed by atoms with Crippen LogP contribution in [0.25, 0.3) is 0 Å². The third-order valence-electron chi connectivity index (χ3n) is 2.56. The van der Waals surface area contributed by atoms with Gasteiger partial charge in [0.1, 0.15) is 0 Å². The van der Waals surface area contributed by atoms with E-state index in [0.717, 1.165) is 19.5 Å². The van der Waals surface area contributed by atoms with Gasteiger partial charge in [-0.05, 0) is 13.5 Å². The highest BCUT2D eigenvalue weighted by atomic mass is 16.5. The summed E-state index contributed by atoms with van der Waals surface area (Å²) in [5.74, 6) is 0.548. The lowest BCUT2D eigenvalue weighted by Gasteiger charge is -2.15. The topological polar surface area (TPSA) is 38.5 Å². The van der Waals surface area contributed by atoms with Crippen molar-refractivity contribution in [3.05, 3.63) is 12.2 Å². The molecule has 82 valence electrons. The lowest BCUT2D eigenvalue weighted by molar-refractivity contribution is 0.0505. The summed E-state index contributed by atoms with van der Waals surface area (Å²) in [6.45, 7) is 5.58. The van der Waals surface area contributed by atoms with Gasteiger partial charge in [0.05, 0.1) is 12.7 Å². The van der Waals surface area contributed by atoms with Crippen molar-refractivity contribution in [1.29, 1.82) is 0 Å². The molecule has 0 saturated carbocycles. The second kappa shape index (κ2) is 6.17. The van der Waals surface area contributed by atoms with Gasteiger partial charge in [-0.15, -0.1) is 0 Å². The molecular formula is C11H22N2O. The Morgan fingerprint density at radius 1 is 1.50 bits per heavy atom. The first kappa shape index (κ1) is 11.7. The van der Waals surface area contributed by atoms with E-state index >= 15 is 0 Å². The molecule has 1 aliphatic rings. The van der Waals surface area contributed by atoms with Gasteiger partial charge in [0.2, 0.25) is 0 Å². The van der Waals surface area contributed by atoms with E-state index in [9.17, 15) is 0 Å². The molecule has 0 aliphatic carbocycles. The highest BCUT2D eigenvalue weighted by molar-refractivity contribution is 4.98. The molecule has 14 heavy (non-hydrogen) atoms. The predicted octanol–water partition coefficient (Wildman–Crippen LogP) is 0.858. The van der Waals surface area contributed by atoms with Crippen LogP contribution < -0.4 is 5.73 Å². The van der Waals surface area contributed by atoms with E-state index in [2.05, 4.69) is 31.0 Å². The van der Waals surface area contributed by atoms with E-state index in [1.165, 1.54) is 0 Å². The first-order chi connectivity index (χ1) is 6.77. The second-order valence-electron chi connectivity index (χ2n) is 3.92. The number of likely N-dealkylation sites (N-methyl/N-ethyl adjacent to an activating group) is 1. The van der Waals surface area contributed by atoms with E-state index in [1.807, 2.05) is 0 Å². The molecule has 1 aliphatic heterocycles. The summed E-state index contributed by atoms with van der Waals surface area (Å²) < 4.78 is 5.71. The summed E-state index contributed by atoms with van der Waals surface area (Å²) in [5, 5.41) is 0. The zero-order valence-corrected chi connectivity index (χ0v) is 9.28. The van der Waals surface area contributed by atoms with Crippen molar-refractivity contribution in [1.82, 2.24) is 4.90 Å². The molecule has 1 heterocycles. The molecule has 2 atom stereocenters. The number of nitrogens with zero attached hydrogens (tertiary/aromatic N) is 1. The average molecular weight is 198 g/mol. The van der Waals surface area contributed by atoms with Gasteiger partial charge in [-0.25, -0.2) is 0 Å². The number of ether oxygens (including phenoxy) is 1. The van der Waals surface area contributed by atoms with Gasteiger partial charge in [0.15, 0.2) is 0 Å². The molecule has 1 saturated heterocycles. The van der Waals surface area contributed by atoms with Gasteiger partial charge in [-0.2, -0.15) is 0 Å². The normalized spacial score (nSPS) is 29.1. The molecule has 1 rings (SSSR count). The van der Waals surface area contributed by atoms with Crippen molar-refractivity contribution >= 4 is 0 Å². The van der Waals surface area contributed by atoms with E-state index in [1.54, 1.807) is 0 Å². The molecular weight excluding hydrogens is 176 g/mol. The number of hydrogen-bond donors (Lipinski definition) is 1. The number of hydrogen-bond acceptors (Lipinski definition) is 3. The molecule has 1 fully saturated rings. The fourth-order valence-electron chi connectivity index (χ4n) is 1.89. The molecule has 0 aromatic carbocycles. The largest absolute Gasteiger partial charge is 0.375 e. The Hall–Kier alpha value is -0.380. The molecule has 2 N–H and O–H groups in total. The van der Waals surface area contributed by atoms with Crippen LogP contribution in [0.15, 0.2) is 12.2 Å². The quantitative estimate of drug-likeness (QED) is 0.666. The van der Waals surface area contributed by atoms with Gasteiger partial charge in [-0.3, -0.25) is 0 Å².